The van der Waals surface area contributed by atoms with Gasteiger partial charge in [0.25, 0.3) is 0 Å². The number of nitrogens with one attached hydrogen (secondary N) is 4. The zero-order chi connectivity index (χ0) is 60.0. The summed E-state index contributed by atoms with van der Waals surface area (Å²) in [7, 11) is 0. The summed E-state index contributed by atoms with van der Waals surface area (Å²) in [5, 5.41) is 29.2. The lowest BCUT2D eigenvalue weighted by Crippen LogP contribution is -2.31. The molecule has 3 atom stereocenters. The Hall–Kier alpha value is -4.78. The maximum absolute atomic E-state index is 12.9. The quantitative estimate of drug-likeness (QED) is 0.0422. The molecule has 0 saturated carbocycles. The summed E-state index contributed by atoms with van der Waals surface area (Å²) in [5.74, 6) is -4.60. The van der Waals surface area contributed by atoms with E-state index in [1.54, 1.807) is 0 Å². The minimum absolute atomic E-state index is 0.0156. The fraction of sp³-hybridized carbons (Fsp3) is 0.828. The lowest BCUT2D eigenvalue weighted by atomic mass is 9.87. The highest BCUT2D eigenvalue weighted by molar-refractivity contribution is 5.88. The fourth-order valence-electron chi connectivity index (χ4n) is 8.19. The van der Waals surface area contributed by atoms with E-state index >= 15 is 0 Å². The van der Waals surface area contributed by atoms with E-state index in [-0.39, 0.29) is 176 Å². The van der Waals surface area contributed by atoms with Crippen molar-refractivity contribution in [2.24, 2.45) is 17.8 Å². The lowest BCUT2D eigenvalue weighted by molar-refractivity contribution is -0.144. The summed E-state index contributed by atoms with van der Waals surface area (Å²) in [6.45, 7) is 9.03. The Balaban J connectivity index is 3.81. The van der Waals surface area contributed by atoms with Gasteiger partial charge in [0.1, 0.15) is 43.8 Å². The van der Waals surface area contributed by atoms with Crippen LogP contribution in [-0.4, -0.2) is 188 Å². The van der Waals surface area contributed by atoms with Crippen molar-refractivity contribution in [3.05, 3.63) is 0 Å². The molecule has 0 unspecified atom stereocenters. The molecule has 0 bridgehead atoms. The third-order valence-electron chi connectivity index (χ3n) is 13.1. The minimum atomic E-state index is -1.09. The number of ketones is 4. The van der Waals surface area contributed by atoms with Gasteiger partial charge in [-0.25, -0.2) is 0 Å². The predicted octanol–water partition coefficient (Wildman–Crippen LogP) is 5.28. The second kappa shape index (κ2) is 54.5. The van der Waals surface area contributed by atoms with Gasteiger partial charge in [-0.15, -0.1) is 0 Å². The van der Waals surface area contributed by atoms with Gasteiger partial charge in [-0.05, 0) is 65.2 Å². The first-order chi connectivity index (χ1) is 39.0. The van der Waals surface area contributed by atoms with Crippen LogP contribution in [0.15, 0.2) is 0 Å². The van der Waals surface area contributed by atoms with E-state index in [4.69, 9.17) is 38.3 Å². The Bertz CT molecular complexity index is 1740. The topological polar surface area (TPSA) is 324 Å². The number of hydrogen-bond donors (Lipinski definition) is 6. The van der Waals surface area contributed by atoms with Crippen molar-refractivity contribution in [1.29, 1.82) is 0 Å². The highest BCUT2D eigenvalue weighted by atomic mass is 16.5. The van der Waals surface area contributed by atoms with E-state index in [0.29, 0.717) is 90.8 Å². The Labute approximate surface area is 481 Å². The van der Waals surface area contributed by atoms with Gasteiger partial charge in [-0.2, -0.15) is 0 Å². The Morgan fingerprint density at radius 1 is 0.383 bits per heavy atom. The summed E-state index contributed by atoms with van der Waals surface area (Å²) >= 11 is 0. The summed E-state index contributed by atoms with van der Waals surface area (Å²) in [6, 6.07) is 0. The molecule has 23 nitrogen and oxygen atoms in total. The van der Waals surface area contributed by atoms with Gasteiger partial charge in [0.15, 0.2) is 5.78 Å². The van der Waals surface area contributed by atoms with Crippen LogP contribution in [0.1, 0.15) is 175 Å². The number of rotatable bonds is 61. The van der Waals surface area contributed by atoms with E-state index in [9.17, 15) is 53.1 Å². The van der Waals surface area contributed by atoms with Crippen molar-refractivity contribution in [1.82, 2.24) is 21.3 Å². The van der Waals surface area contributed by atoms with Gasteiger partial charge >= 0.3 is 11.9 Å². The molecule has 23 heteroatoms. The molecule has 0 aromatic rings. The first-order valence-electron chi connectivity index (χ1n) is 29.7. The highest BCUT2D eigenvalue weighted by Crippen LogP contribution is 2.20. The number of carbonyl (C=O) groups excluding carboxylic acids is 8. The number of carbonyl (C=O) groups is 10. The summed E-state index contributed by atoms with van der Waals surface area (Å²) in [6.07, 6.45) is 15.1. The second-order valence-corrected chi connectivity index (χ2v) is 20.3. The maximum atomic E-state index is 12.9. The van der Waals surface area contributed by atoms with Gasteiger partial charge in [-0.3, -0.25) is 47.9 Å². The van der Waals surface area contributed by atoms with Crippen molar-refractivity contribution >= 4 is 58.7 Å². The predicted molar refractivity (Wildman–Crippen MR) is 301 cm³/mol. The smallest absolute Gasteiger partial charge is 0.306 e. The van der Waals surface area contributed by atoms with Gasteiger partial charge in [0.2, 0.25) is 23.6 Å². The number of carboxylic acids is 2. The largest absolute Gasteiger partial charge is 0.481 e. The Kier molecular flexibility index (Phi) is 51.3. The monoisotopic (exact) mass is 1160 g/mol. The molecular formula is C58H102N4O19. The van der Waals surface area contributed by atoms with Crippen LogP contribution >= 0.6 is 0 Å². The minimum Gasteiger partial charge on any atom is -0.481 e. The van der Waals surface area contributed by atoms with Crippen molar-refractivity contribution in [3.63, 3.8) is 0 Å². The molecule has 0 heterocycles. The SMILES string of the molecule is CCOCC(=O)NCCOCCOCC(=O)NCCCC[C@H](C)C(=O)C[C@@H](CCCCNC(=O)COCCOCCCC(=O)COCCOCCNC(=O)CC[C@H](CC(=O)CCCCCCCCCCCCC(=O)O)C(=O)O)C(C)=O. The van der Waals surface area contributed by atoms with Gasteiger partial charge in [-0.1, -0.05) is 71.1 Å². The third kappa shape index (κ3) is 51.8. The summed E-state index contributed by atoms with van der Waals surface area (Å²) in [5.41, 5.74) is 0. The van der Waals surface area contributed by atoms with Crippen LogP contribution in [0.4, 0.5) is 0 Å². The van der Waals surface area contributed by atoms with Gasteiger partial charge < -0.3 is 64.6 Å². The molecule has 81 heavy (non-hydrogen) atoms. The molecule has 0 aliphatic rings. The molecule has 0 aliphatic carbocycles. The molecule has 0 aromatic heterocycles. The van der Waals surface area contributed by atoms with Crippen LogP contribution in [0, 0.1) is 17.8 Å². The first kappa shape index (κ1) is 76.2. The average molecular weight is 1160 g/mol. The molecule has 0 spiro atoms. The summed E-state index contributed by atoms with van der Waals surface area (Å²) in [4.78, 5) is 120. The van der Waals surface area contributed by atoms with Crippen molar-refractivity contribution in [3.8, 4) is 0 Å². The van der Waals surface area contributed by atoms with Crippen molar-refractivity contribution < 1.29 is 91.3 Å². The van der Waals surface area contributed by atoms with Gasteiger partial charge in [0, 0.05) is 89.8 Å². The van der Waals surface area contributed by atoms with Crippen LogP contribution in [0.25, 0.3) is 0 Å². The molecule has 0 radical (unpaired) electrons. The number of aliphatic carboxylic acids is 2. The molecule has 0 aliphatic heterocycles. The highest BCUT2D eigenvalue weighted by Gasteiger charge is 2.23. The maximum Gasteiger partial charge on any atom is 0.306 e. The number of amides is 4. The molecule has 0 fully saturated rings. The molecular weight excluding hydrogens is 1060 g/mol. The number of unbranched alkanes of at least 4 members (excludes halogenated alkanes) is 11. The number of ether oxygens (including phenoxy) is 7. The van der Waals surface area contributed by atoms with E-state index in [1.807, 2.05) is 13.8 Å². The molecule has 0 rings (SSSR count). The van der Waals surface area contributed by atoms with E-state index in [1.165, 1.54) is 6.92 Å². The summed E-state index contributed by atoms with van der Waals surface area (Å²) < 4.78 is 37.4. The van der Waals surface area contributed by atoms with Crippen LogP contribution in [0.5, 0.6) is 0 Å². The van der Waals surface area contributed by atoms with Crippen LogP contribution in [0.2, 0.25) is 0 Å². The molecule has 468 valence electrons. The lowest BCUT2D eigenvalue weighted by Gasteiger charge is -2.16. The van der Waals surface area contributed by atoms with Crippen LogP contribution < -0.4 is 21.3 Å². The zero-order valence-corrected chi connectivity index (χ0v) is 49.3. The molecule has 0 saturated heterocycles. The van der Waals surface area contributed by atoms with Crippen molar-refractivity contribution in [2.45, 2.75) is 175 Å². The standard InChI is InChI=1S/C58H102N4O19/c1-4-75-43-54(68)62-30-33-78-36-39-81-45-55(69)59-27-17-15-20-46(2)52(66)41-48(47(3)63)21-16-18-28-60-56(70)44-80-38-34-76-31-19-23-51(65)42-79-37-35-77-32-29-61-53(67)26-25-49(58(73)74)40-50(64)22-13-11-9-7-5-6-8-10-12-14-24-57(71)72/h46,48-49H,4-45H2,1-3H3,(H,59,69)(H,60,70)(H,61,67)(H,62,68)(H,71,72)(H,73,74)/t46-,48+,49+/m0/s1. The number of Topliss-reactive ketones (excluding diaryl/α,β-unsaturated/α-hetero) is 4. The van der Waals surface area contributed by atoms with Crippen molar-refractivity contribution in [2.75, 3.05) is 119 Å². The second-order valence-electron chi connectivity index (χ2n) is 20.3. The first-order valence-corrected chi connectivity index (χ1v) is 29.7. The van der Waals surface area contributed by atoms with E-state index in [0.717, 1.165) is 64.2 Å². The van der Waals surface area contributed by atoms with Crippen LogP contribution in [-0.2, 0) is 81.1 Å². The molecule has 4 amide bonds. The molecule has 0 aromatic carbocycles. The average Bonchev–Trinajstić information content (AvgIpc) is 3.43. The fourth-order valence-corrected chi connectivity index (χ4v) is 8.19. The van der Waals surface area contributed by atoms with E-state index in [2.05, 4.69) is 21.3 Å². The molecule has 6 N–H and O–H groups in total. The normalized spacial score (nSPS) is 12.3. The van der Waals surface area contributed by atoms with Crippen LogP contribution in [0.3, 0.4) is 0 Å². The third-order valence-corrected chi connectivity index (χ3v) is 13.1. The Morgan fingerprint density at radius 2 is 0.827 bits per heavy atom. The zero-order valence-electron chi connectivity index (χ0n) is 49.3. The van der Waals surface area contributed by atoms with E-state index < -0.39 is 17.9 Å². The number of hydrogen-bond acceptors (Lipinski definition) is 17. The Morgan fingerprint density at radius 3 is 1.35 bits per heavy atom. The van der Waals surface area contributed by atoms with Gasteiger partial charge in [0.05, 0.1) is 58.8 Å². The number of carboxylic acid groups (broad SMARTS) is 2.